The number of guanidine groups is 1. The molecule has 0 unspecified atom stereocenters. The van der Waals surface area contributed by atoms with Gasteiger partial charge in [-0.3, -0.25) is 9.67 Å². The minimum Gasteiger partial charge on any atom is -0.356 e. The number of H-pyrrole nitrogens is 1. The molecule has 138 valence electrons. The topological polar surface area (TPSA) is 82.9 Å². The lowest BCUT2D eigenvalue weighted by atomic mass is 10.2. The minimum absolute atomic E-state index is 0. The highest BCUT2D eigenvalue weighted by atomic mass is 127. The number of benzene rings is 1. The molecule has 0 saturated heterocycles. The number of nitrogens with zero attached hydrogens (tertiary/aromatic N) is 4. The Kier molecular flexibility index (Phi) is 8.13. The van der Waals surface area contributed by atoms with Gasteiger partial charge in [-0.2, -0.15) is 5.10 Å². The van der Waals surface area contributed by atoms with Crippen molar-refractivity contribution in [1.29, 1.82) is 0 Å². The highest BCUT2D eigenvalue weighted by molar-refractivity contribution is 14.0. The Labute approximate surface area is 170 Å². The Balaban J connectivity index is 0.00000243. The van der Waals surface area contributed by atoms with Crippen LogP contribution in [0.1, 0.15) is 12.2 Å². The van der Waals surface area contributed by atoms with E-state index in [0.29, 0.717) is 6.54 Å². The third-order valence-electron chi connectivity index (χ3n) is 3.78. The molecule has 7 nitrogen and oxygen atoms in total. The van der Waals surface area contributed by atoms with E-state index in [4.69, 9.17) is 0 Å². The van der Waals surface area contributed by atoms with E-state index in [1.807, 2.05) is 41.3 Å². The first-order chi connectivity index (χ1) is 12.3. The average molecular weight is 465 g/mol. The Bertz CT molecular complexity index is 781. The lowest BCUT2D eigenvalue weighted by Crippen LogP contribution is -2.37. The van der Waals surface area contributed by atoms with Crippen LogP contribution in [0, 0.1) is 0 Å². The summed E-state index contributed by atoms with van der Waals surface area (Å²) in [5, 5.41) is 10.8. The zero-order valence-corrected chi connectivity index (χ0v) is 17.1. The van der Waals surface area contributed by atoms with Crippen LogP contribution in [0.5, 0.6) is 0 Å². The van der Waals surface area contributed by atoms with E-state index in [2.05, 4.69) is 42.8 Å². The van der Waals surface area contributed by atoms with Gasteiger partial charge in [0.05, 0.1) is 18.4 Å². The Morgan fingerprint density at radius 3 is 2.77 bits per heavy atom. The molecule has 0 atom stereocenters. The lowest BCUT2D eigenvalue weighted by Gasteiger charge is -2.11. The van der Waals surface area contributed by atoms with Crippen LogP contribution in [0.2, 0.25) is 0 Å². The van der Waals surface area contributed by atoms with Gasteiger partial charge >= 0.3 is 0 Å². The van der Waals surface area contributed by atoms with Crippen LogP contribution in [0.3, 0.4) is 0 Å². The number of halogens is 1. The maximum Gasteiger partial charge on any atom is 0.191 e. The summed E-state index contributed by atoms with van der Waals surface area (Å²) < 4.78 is 1.92. The van der Waals surface area contributed by atoms with Gasteiger partial charge in [0.2, 0.25) is 0 Å². The van der Waals surface area contributed by atoms with Crippen molar-refractivity contribution < 1.29 is 0 Å². The van der Waals surface area contributed by atoms with E-state index in [1.165, 1.54) is 0 Å². The van der Waals surface area contributed by atoms with Crippen molar-refractivity contribution in [1.82, 2.24) is 30.4 Å². The minimum atomic E-state index is 0. The van der Waals surface area contributed by atoms with Crippen LogP contribution in [-0.4, -0.2) is 39.3 Å². The van der Waals surface area contributed by atoms with Gasteiger partial charge in [0, 0.05) is 32.5 Å². The molecule has 0 saturated carbocycles. The summed E-state index contributed by atoms with van der Waals surface area (Å²) in [4.78, 5) is 12.0. The summed E-state index contributed by atoms with van der Waals surface area (Å²) in [6, 6.07) is 12.1. The molecule has 8 heteroatoms. The normalized spacial score (nSPS) is 11.0. The lowest BCUT2D eigenvalue weighted by molar-refractivity contribution is 0.570. The maximum atomic E-state index is 4.42. The fourth-order valence-electron chi connectivity index (χ4n) is 2.49. The molecule has 0 bridgehead atoms. The third kappa shape index (κ3) is 5.87. The van der Waals surface area contributed by atoms with Crippen LogP contribution in [0.4, 0.5) is 0 Å². The quantitative estimate of drug-likeness (QED) is 0.217. The predicted molar refractivity (Wildman–Crippen MR) is 114 cm³/mol. The van der Waals surface area contributed by atoms with Crippen molar-refractivity contribution in [3.63, 3.8) is 0 Å². The van der Waals surface area contributed by atoms with Crippen LogP contribution in [-0.2, 0) is 13.1 Å². The van der Waals surface area contributed by atoms with Gasteiger partial charge in [0.15, 0.2) is 5.96 Å². The SMILES string of the molecule is CN=C(NCCCn1cccn1)NCc1ncc(-c2ccccc2)[nH]1.I. The molecule has 26 heavy (non-hydrogen) atoms. The number of hydrogen-bond donors (Lipinski definition) is 3. The average Bonchev–Trinajstić information content (AvgIpc) is 3.34. The first-order valence-corrected chi connectivity index (χ1v) is 8.36. The van der Waals surface area contributed by atoms with Gasteiger partial charge in [-0.05, 0) is 18.1 Å². The Morgan fingerprint density at radius 2 is 2.04 bits per heavy atom. The largest absolute Gasteiger partial charge is 0.356 e. The van der Waals surface area contributed by atoms with Crippen molar-refractivity contribution in [3.8, 4) is 11.3 Å². The molecule has 0 fully saturated rings. The van der Waals surface area contributed by atoms with E-state index >= 15 is 0 Å². The van der Waals surface area contributed by atoms with E-state index in [9.17, 15) is 0 Å². The number of aromatic amines is 1. The number of aromatic nitrogens is 4. The fraction of sp³-hybridized carbons (Fsp3) is 0.278. The second-order valence-corrected chi connectivity index (χ2v) is 5.58. The maximum absolute atomic E-state index is 4.42. The number of imidazole rings is 1. The molecular formula is C18H24IN7. The molecule has 3 N–H and O–H groups in total. The van der Waals surface area contributed by atoms with Gasteiger partial charge in [0.25, 0.3) is 0 Å². The molecule has 0 spiro atoms. The van der Waals surface area contributed by atoms with Gasteiger partial charge in [0.1, 0.15) is 5.82 Å². The Hall–Kier alpha value is -2.36. The zero-order valence-electron chi connectivity index (χ0n) is 14.7. The summed E-state index contributed by atoms with van der Waals surface area (Å²) in [5.74, 6) is 1.64. The smallest absolute Gasteiger partial charge is 0.191 e. The monoisotopic (exact) mass is 465 g/mol. The van der Waals surface area contributed by atoms with Crippen LogP contribution in [0.25, 0.3) is 11.3 Å². The molecule has 0 aliphatic carbocycles. The number of rotatable bonds is 7. The molecule has 0 radical (unpaired) electrons. The highest BCUT2D eigenvalue weighted by Crippen LogP contribution is 2.15. The molecule has 3 rings (SSSR count). The molecule has 0 aliphatic heterocycles. The van der Waals surface area contributed by atoms with Gasteiger partial charge in [-0.15, -0.1) is 24.0 Å². The van der Waals surface area contributed by atoms with E-state index in [0.717, 1.165) is 42.6 Å². The summed E-state index contributed by atoms with van der Waals surface area (Å²) in [7, 11) is 1.76. The molecule has 0 aliphatic rings. The summed E-state index contributed by atoms with van der Waals surface area (Å²) >= 11 is 0. The van der Waals surface area contributed by atoms with E-state index in [-0.39, 0.29) is 24.0 Å². The summed E-state index contributed by atoms with van der Waals surface area (Å²) in [6.45, 7) is 2.30. The first kappa shape index (κ1) is 20.0. The van der Waals surface area contributed by atoms with E-state index in [1.54, 1.807) is 13.2 Å². The van der Waals surface area contributed by atoms with Crippen molar-refractivity contribution >= 4 is 29.9 Å². The van der Waals surface area contributed by atoms with Crippen molar-refractivity contribution in [2.45, 2.75) is 19.5 Å². The standard InChI is InChI=1S/C18H23N7.HI/c1-19-18(20-9-5-11-25-12-6-10-23-25)22-14-17-21-13-16(24-17)15-7-3-2-4-8-15;/h2-4,6-8,10,12-13H,5,9,11,14H2,1H3,(H,21,24)(H2,19,20,22);1H. The second-order valence-electron chi connectivity index (χ2n) is 5.58. The predicted octanol–water partition coefficient (Wildman–Crippen LogP) is 2.65. The fourth-order valence-corrected chi connectivity index (χ4v) is 2.49. The second kappa shape index (κ2) is 10.6. The van der Waals surface area contributed by atoms with Gasteiger partial charge in [-0.25, -0.2) is 4.98 Å². The number of aryl methyl sites for hydroxylation is 1. The van der Waals surface area contributed by atoms with Crippen LogP contribution >= 0.6 is 24.0 Å². The number of aliphatic imine (C=N–C) groups is 1. The van der Waals surface area contributed by atoms with E-state index < -0.39 is 0 Å². The molecule has 1 aromatic carbocycles. The van der Waals surface area contributed by atoms with Crippen molar-refractivity contribution in [2.75, 3.05) is 13.6 Å². The summed E-state index contributed by atoms with van der Waals surface area (Å²) in [6.07, 6.45) is 6.59. The molecular weight excluding hydrogens is 441 g/mol. The van der Waals surface area contributed by atoms with Gasteiger partial charge < -0.3 is 15.6 Å². The number of hydrogen-bond acceptors (Lipinski definition) is 3. The molecule has 0 amide bonds. The van der Waals surface area contributed by atoms with Crippen molar-refractivity contribution in [2.24, 2.45) is 4.99 Å². The third-order valence-corrected chi connectivity index (χ3v) is 3.78. The highest BCUT2D eigenvalue weighted by Gasteiger charge is 2.04. The van der Waals surface area contributed by atoms with Crippen molar-refractivity contribution in [3.05, 3.63) is 60.8 Å². The van der Waals surface area contributed by atoms with Crippen LogP contribution in [0.15, 0.2) is 60.0 Å². The van der Waals surface area contributed by atoms with Crippen LogP contribution < -0.4 is 10.6 Å². The molecule has 2 aromatic heterocycles. The van der Waals surface area contributed by atoms with Gasteiger partial charge in [-0.1, -0.05) is 30.3 Å². The Morgan fingerprint density at radius 1 is 1.19 bits per heavy atom. The first-order valence-electron chi connectivity index (χ1n) is 8.36. The molecule has 2 heterocycles. The summed E-state index contributed by atoms with van der Waals surface area (Å²) in [5.41, 5.74) is 2.14. The number of nitrogens with one attached hydrogen (secondary N) is 3. The zero-order chi connectivity index (χ0) is 17.3. The molecule has 3 aromatic rings.